The standard InChI is InChI=1S/C23H17Cl2N5O3S/c1-13-4-2-3-5-16(13)22(32)27-23-30-29-21(34-23)11-20(31)28-26-12-15-7-9-19(33-15)17-8-6-14(24)10-18(17)25/h2-10,12H,11H2,1H3,(H,28,31)(H,27,30,32). The highest BCUT2D eigenvalue weighted by Crippen LogP contribution is 2.31. The van der Waals surface area contributed by atoms with Gasteiger partial charge in [-0.25, -0.2) is 5.43 Å². The van der Waals surface area contributed by atoms with Gasteiger partial charge in [0.25, 0.3) is 5.91 Å². The van der Waals surface area contributed by atoms with E-state index in [9.17, 15) is 9.59 Å². The minimum atomic E-state index is -0.392. The van der Waals surface area contributed by atoms with Gasteiger partial charge < -0.3 is 4.42 Å². The lowest BCUT2D eigenvalue weighted by molar-refractivity contribution is -0.120. The summed E-state index contributed by atoms with van der Waals surface area (Å²) in [5.41, 5.74) is 4.50. The molecule has 172 valence electrons. The van der Waals surface area contributed by atoms with Crippen LogP contribution in [0.1, 0.15) is 26.7 Å². The summed E-state index contributed by atoms with van der Waals surface area (Å²) in [6, 6.07) is 15.8. The average molecular weight is 514 g/mol. The summed E-state index contributed by atoms with van der Waals surface area (Å²) in [7, 11) is 0. The summed E-state index contributed by atoms with van der Waals surface area (Å²) in [6.45, 7) is 1.85. The van der Waals surface area contributed by atoms with Crippen molar-refractivity contribution < 1.29 is 14.0 Å². The monoisotopic (exact) mass is 513 g/mol. The number of carbonyl (C=O) groups is 2. The molecular weight excluding hydrogens is 497 g/mol. The van der Waals surface area contributed by atoms with E-state index in [0.717, 1.165) is 16.9 Å². The molecule has 34 heavy (non-hydrogen) atoms. The van der Waals surface area contributed by atoms with Gasteiger partial charge in [-0.15, -0.1) is 10.2 Å². The largest absolute Gasteiger partial charge is 0.455 e. The van der Waals surface area contributed by atoms with Crippen molar-refractivity contribution in [2.45, 2.75) is 13.3 Å². The average Bonchev–Trinajstić information content (AvgIpc) is 3.43. The van der Waals surface area contributed by atoms with Crippen LogP contribution in [0.4, 0.5) is 5.13 Å². The van der Waals surface area contributed by atoms with Crippen LogP contribution in [0.5, 0.6) is 0 Å². The van der Waals surface area contributed by atoms with Gasteiger partial charge in [0.2, 0.25) is 11.0 Å². The molecule has 0 bridgehead atoms. The van der Waals surface area contributed by atoms with Gasteiger partial charge in [0.1, 0.15) is 16.5 Å². The fourth-order valence-corrected chi connectivity index (χ4v) is 4.20. The van der Waals surface area contributed by atoms with Crippen molar-refractivity contribution in [3.05, 3.63) is 86.5 Å². The Labute approximate surface area is 208 Å². The lowest BCUT2D eigenvalue weighted by Crippen LogP contribution is -2.19. The normalized spacial score (nSPS) is 11.0. The van der Waals surface area contributed by atoms with E-state index in [4.69, 9.17) is 27.6 Å². The molecule has 2 N–H and O–H groups in total. The number of aromatic nitrogens is 2. The summed E-state index contributed by atoms with van der Waals surface area (Å²) in [5.74, 6) is 0.297. The molecule has 0 radical (unpaired) electrons. The van der Waals surface area contributed by atoms with Crippen LogP contribution in [0.15, 0.2) is 64.1 Å². The summed E-state index contributed by atoms with van der Waals surface area (Å²) in [4.78, 5) is 24.5. The Bertz CT molecular complexity index is 1380. The van der Waals surface area contributed by atoms with Crippen LogP contribution in [0.25, 0.3) is 11.3 Å². The van der Waals surface area contributed by atoms with Crippen molar-refractivity contribution >= 4 is 57.7 Å². The van der Waals surface area contributed by atoms with Gasteiger partial charge in [-0.2, -0.15) is 5.10 Å². The third-order valence-electron chi connectivity index (χ3n) is 4.59. The van der Waals surface area contributed by atoms with Crippen LogP contribution in [-0.2, 0) is 11.2 Å². The van der Waals surface area contributed by atoms with Crippen molar-refractivity contribution in [1.82, 2.24) is 15.6 Å². The van der Waals surface area contributed by atoms with E-state index in [1.807, 2.05) is 19.1 Å². The van der Waals surface area contributed by atoms with Gasteiger partial charge in [-0.05, 0) is 48.9 Å². The number of halogens is 2. The number of aryl methyl sites for hydroxylation is 1. The molecule has 4 rings (SSSR count). The minimum absolute atomic E-state index is 0.0426. The Hall–Kier alpha value is -3.53. The molecule has 0 saturated heterocycles. The van der Waals surface area contributed by atoms with Crippen molar-refractivity contribution in [1.29, 1.82) is 0 Å². The van der Waals surface area contributed by atoms with Crippen molar-refractivity contribution in [3.63, 3.8) is 0 Å². The first-order chi connectivity index (χ1) is 16.4. The molecule has 2 heterocycles. The summed E-state index contributed by atoms with van der Waals surface area (Å²) in [6.07, 6.45) is 1.33. The molecule has 0 aliphatic carbocycles. The zero-order valence-electron chi connectivity index (χ0n) is 17.7. The Morgan fingerprint density at radius 2 is 1.94 bits per heavy atom. The van der Waals surface area contributed by atoms with Crippen LogP contribution in [0, 0.1) is 6.92 Å². The highest BCUT2D eigenvalue weighted by atomic mass is 35.5. The van der Waals surface area contributed by atoms with Gasteiger partial charge in [0, 0.05) is 16.1 Å². The van der Waals surface area contributed by atoms with E-state index < -0.39 is 5.91 Å². The van der Waals surface area contributed by atoms with E-state index in [2.05, 4.69) is 26.0 Å². The number of hydrazone groups is 1. The van der Waals surface area contributed by atoms with Gasteiger partial charge in [0.15, 0.2) is 0 Å². The van der Waals surface area contributed by atoms with Crippen LogP contribution in [0.2, 0.25) is 10.0 Å². The zero-order valence-corrected chi connectivity index (χ0v) is 20.0. The number of anilines is 1. The van der Waals surface area contributed by atoms with Crippen molar-refractivity contribution in [2.24, 2.45) is 5.10 Å². The molecule has 0 atom stereocenters. The Morgan fingerprint density at radius 3 is 2.74 bits per heavy atom. The Balaban J connectivity index is 1.30. The number of amides is 2. The van der Waals surface area contributed by atoms with Crippen LogP contribution < -0.4 is 10.7 Å². The molecule has 0 aliphatic rings. The molecule has 0 spiro atoms. The number of benzene rings is 2. The predicted molar refractivity (Wildman–Crippen MR) is 133 cm³/mol. The predicted octanol–water partition coefficient (Wildman–Crippen LogP) is 5.36. The number of carbonyl (C=O) groups excluding carboxylic acids is 2. The summed E-state index contributed by atoms with van der Waals surface area (Å²) < 4.78 is 5.69. The SMILES string of the molecule is Cc1ccccc1C(=O)Nc1nnc(CC(=O)NN=Cc2ccc(-c3ccc(Cl)cc3Cl)o2)s1. The molecule has 2 aromatic carbocycles. The van der Waals surface area contributed by atoms with E-state index in [1.165, 1.54) is 6.21 Å². The maximum Gasteiger partial charge on any atom is 0.257 e. The lowest BCUT2D eigenvalue weighted by atomic mass is 10.1. The highest BCUT2D eigenvalue weighted by molar-refractivity contribution is 7.15. The van der Waals surface area contributed by atoms with Gasteiger partial charge >= 0.3 is 0 Å². The molecule has 2 aromatic heterocycles. The zero-order chi connectivity index (χ0) is 24.1. The molecule has 0 saturated carbocycles. The number of hydrogen-bond acceptors (Lipinski definition) is 7. The fraction of sp³-hybridized carbons (Fsp3) is 0.0870. The second-order valence-corrected chi connectivity index (χ2v) is 8.97. The van der Waals surface area contributed by atoms with Gasteiger partial charge in [-0.3, -0.25) is 14.9 Å². The van der Waals surface area contributed by atoms with E-state index in [-0.39, 0.29) is 12.3 Å². The number of nitrogens with one attached hydrogen (secondary N) is 2. The molecule has 0 aliphatic heterocycles. The lowest BCUT2D eigenvalue weighted by Gasteiger charge is -2.03. The molecular formula is C23H17Cl2N5O3S. The highest BCUT2D eigenvalue weighted by Gasteiger charge is 2.14. The molecule has 4 aromatic rings. The maximum absolute atomic E-state index is 12.4. The third-order valence-corrected chi connectivity index (χ3v) is 5.98. The van der Waals surface area contributed by atoms with E-state index >= 15 is 0 Å². The fourth-order valence-electron chi connectivity index (χ4n) is 2.97. The number of furan rings is 1. The first-order valence-corrected chi connectivity index (χ1v) is 11.5. The van der Waals surface area contributed by atoms with E-state index in [1.54, 1.807) is 42.5 Å². The van der Waals surface area contributed by atoms with Crippen LogP contribution in [-0.4, -0.2) is 28.2 Å². The quantitative estimate of drug-likeness (QED) is 0.255. The number of nitrogens with zero attached hydrogens (tertiary/aromatic N) is 3. The molecule has 11 heteroatoms. The third kappa shape index (κ3) is 5.88. The Morgan fingerprint density at radius 1 is 1.12 bits per heavy atom. The van der Waals surface area contributed by atoms with Crippen LogP contribution >= 0.6 is 34.5 Å². The smallest absolute Gasteiger partial charge is 0.257 e. The second kappa shape index (κ2) is 10.6. The minimum Gasteiger partial charge on any atom is -0.455 e. The topological polar surface area (TPSA) is 109 Å². The van der Waals surface area contributed by atoms with Crippen molar-refractivity contribution in [2.75, 3.05) is 5.32 Å². The summed E-state index contributed by atoms with van der Waals surface area (Å²) >= 11 is 13.2. The maximum atomic E-state index is 12.4. The van der Waals surface area contributed by atoms with Gasteiger partial charge in [-0.1, -0.05) is 52.7 Å². The number of rotatable bonds is 7. The van der Waals surface area contributed by atoms with Crippen molar-refractivity contribution in [3.8, 4) is 11.3 Å². The molecule has 0 unspecified atom stereocenters. The molecule has 8 nitrogen and oxygen atoms in total. The molecule has 2 amide bonds. The van der Waals surface area contributed by atoms with E-state index in [0.29, 0.717) is 42.8 Å². The Kier molecular flexibility index (Phi) is 7.36. The number of hydrogen-bond donors (Lipinski definition) is 2. The van der Waals surface area contributed by atoms with Crippen LogP contribution in [0.3, 0.4) is 0 Å². The molecule has 0 fully saturated rings. The first-order valence-electron chi connectivity index (χ1n) is 9.95. The van der Waals surface area contributed by atoms with Gasteiger partial charge in [0.05, 0.1) is 17.7 Å². The second-order valence-electron chi connectivity index (χ2n) is 7.07. The first kappa shape index (κ1) is 23.6. The summed E-state index contributed by atoms with van der Waals surface area (Å²) in [5, 5.41) is 16.2.